The van der Waals surface area contributed by atoms with E-state index >= 15 is 0 Å². The SMILES string of the molecule is Cc1ccc(C)c(OCCCC(C)(C)CNc2ccc(Oc3ccccc3)cc2)c1. The molecule has 3 aromatic rings. The summed E-state index contributed by atoms with van der Waals surface area (Å²) in [5.74, 6) is 2.70. The predicted octanol–water partition coefficient (Wildman–Crippen LogP) is 7.39. The van der Waals surface area contributed by atoms with E-state index in [0.717, 1.165) is 48.9 Å². The van der Waals surface area contributed by atoms with Crippen LogP contribution in [0.5, 0.6) is 17.2 Å². The molecule has 0 bridgehead atoms. The molecule has 0 atom stereocenters. The zero-order valence-corrected chi connectivity index (χ0v) is 18.6. The first-order valence-electron chi connectivity index (χ1n) is 10.7. The Balaban J connectivity index is 1.41. The molecular formula is C27H33NO2. The number of benzene rings is 3. The maximum absolute atomic E-state index is 6.00. The second kappa shape index (κ2) is 10.2. The Morgan fingerprint density at radius 2 is 1.53 bits per heavy atom. The molecule has 0 unspecified atom stereocenters. The molecule has 0 aliphatic carbocycles. The van der Waals surface area contributed by atoms with Gasteiger partial charge in [-0.3, -0.25) is 0 Å². The van der Waals surface area contributed by atoms with Gasteiger partial charge in [0.1, 0.15) is 17.2 Å². The summed E-state index contributed by atoms with van der Waals surface area (Å²) in [5.41, 5.74) is 3.72. The molecule has 0 aliphatic heterocycles. The lowest BCUT2D eigenvalue weighted by atomic mass is 9.88. The summed E-state index contributed by atoms with van der Waals surface area (Å²) in [6.45, 7) is 10.4. The van der Waals surface area contributed by atoms with Gasteiger partial charge in [0.2, 0.25) is 0 Å². The van der Waals surface area contributed by atoms with Crippen LogP contribution in [0.25, 0.3) is 0 Å². The molecular weight excluding hydrogens is 370 g/mol. The van der Waals surface area contributed by atoms with Crippen molar-refractivity contribution < 1.29 is 9.47 Å². The second-order valence-corrected chi connectivity index (χ2v) is 8.68. The minimum absolute atomic E-state index is 0.185. The summed E-state index contributed by atoms with van der Waals surface area (Å²) < 4.78 is 11.9. The molecule has 0 aliphatic rings. The van der Waals surface area contributed by atoms with Gasteiger partial charge in [0.05, 0.1) is 6.61 Å². The zero-order chi connectivity index (χ0) is 21.4. The highest BCUT2D eigenvalue weighted by Crippen LogP contribution is 2.26. The molecule has 0 saturated carbocycles. The van der Waals surface area contributed by atoms with Gasteiger partial charge in [-0.2, -0.15) is 0 Å². The number of nitrogens with one attached hydrogen (secondary N) is 1. The maximum Gasteiger partial charge on any atom is 0.127 e. The van der Waals surface area contributed by atoms with Gasteiger partial charge in [-0.25, -0.2) is 0 Å². The third kappa shape index (κ3) is 6.84. The van der Waals surface area contributed by atoms with Gasteiger partial charge in [0.15, 0.2) is 0 Å². The highest BCUT2D eigenvalue weighted by Gasteiger charge is 2.17. The second-order valence-electron chi connectivity index (χ2n) is 8.68. The van der Waals surface area contributed by atoms with Crippen molar-refractivity contribution in [1.29, 1.82) is 0 Å². The average Bonchev–Trinajstić information content (AvgIpc) is 2.74. The number of aryl methyl sites for hydroxylation is 2. The summed E-state index contributed by atoms with van der Waals surface area (Å²) in [6, 6.07) is 24.3. The molecule has 0 aromatic heterocycles. The Morgan fingerprint density at radius 1 is 0.833 bits per heavy atom. The van der Waals surface area contributed by atoms with Crippen LogP contribution in [0.1, 0.15) is 37.8 Å². The molecule has 0 amide bonds. The van der Waals surface area contributed by atoms with Gasteiger partial charge < -0.3 is 14.8 Å². The van der Waals surface area contributed by atoms with E-state index in [4.69, 9.17) is 9.47 Å². The van der Waals surface area contributed by atoms with Crippen LogP contribution >= 0.6 is 0 Å². The van der Waals surface area contributed by atoms with Crippen molar-refractivity contribution in [2.24, 2.45) is 5.41 Å². The fraction of sp³-hybridized carbons (Fsp3) is 0.333. The van der Waals surface area contributed by atoms with Crippen LogP contribution in [0, 0.1) is 19.3 Å². The quantitative estimate of drug-likeness (QED) is 0.358. The Kier molecular flexibility index (Phi) is 7.40. The molecule has 0 radical (unpaired) electrons. The molecule has 3 heteroatoms. The van der Waals surface area contributed by atoms with Crippen molar-refractivity contribution in [3.05, 3.63) is 83.9 Å². The normalized spacial score (nSPS) is 11.2. The first-order chi connectivity index (χ1) is 14.4. The number of anilines is 1. The molecule has 0 saturated heterocycles. The number of hydrogen-bond acceptors (Lipinski definition) is 3. The fourth-order valence-corrected chi connectivity index (χ4v) is 3.29. The van der Waals surface area contributed by atoms with Crippen LogP contribution in [0.4, 0.5) is 5.69 Å². The van der Waals surface area contributed by atoms with Gasteiger partial charge >= 0.3 is 0 Å². The summed E-state index contributed by atoms with van der Waals surface area (Å²) in [6.07, 6.45) is 2.13. The standard InChI is InChI=1S/C27H33NO2/c1-21-11-12-22(2)26(19-21)29-18-8-17-27(3,4)20-28-23-13-15-25(16-14-23)30-24-9-6-5-7-10-24/h5-7,9-16,19,28H,8,17-18,20H2,1-4H3. The molecule has 0 spiro atoms. The third-order valence-electron chi connectivity index (χ3n) is 5.20. The molecule has 0 fully saturated rings. The van der Waals surface area contributed by atoms with Crippen LogP contribution in [-0.4, -0.2) is 13.2 Å². The van der Waals surface area contributed by atoms with Crippen molar-refractivity contribution in [2.45, 2.75) is 40.5 Å². The van der Waals surface area contributed by atoms with Crippen molar-refractivity contribution in [3.63, 3.8) is 0 Å². The number of hydrogen-bond donors (Lipinski definition) is 1. The average molecular weight is 404 g/mol. The van der Waals surface area contributed by atoms with Crippen molar-refractivity contribution in [3.8, 4) is 17.2 Å². The Bertz CT molecular complexity index is 917. The zero-order valence-electron chi connectivity index (χ0n) is 18.6. The minimum Gasteiger partial charge on any atom is -0.493 e. The molecule has 0 heterocycles. The Morgan fingerprint density at radius 3 is 2.27 bits per heavy atom. The third-order valence-corrected chi connectivity index (χ3v) is 5.20. The summed E-state index contributed by atoms with van der Waals surface area (Å²) >= 11 is 0. The molecule has 30 heavy (non-hydrogen) atoms. The topological polar surface area (TPSA) is 30.5 Å². The van der Waals surface area contributed by atoms with Crippen LogP contribution in [-0.2, 0) is 0 Å². The van der Waals surface area contributed by atoms with Gasteiger partial charge in [-0.15, -0.1) is 0 Å². The monoisotopic (exact) mass is 403 g/mol. The van der Waals surface area contributed by atoms with E-state index in [0.29, 0.717) is 0 Å². The molecule has 3 nitrogen and oxygen atoms in total. The molecule has 158 valence electrons. The summed E-state index contributed by atoms with van der Waals surface area (Å²) in [5, 5.41) is 3.55. The van der Waals surface area contributed by atoms with Crippen LogP contribution < -0.4 is 14.8 Å². The first kappa shape index (κ1) is 21.8. The molecule has 3 rings (SSSR count). The predicted molar refractivity (Wildman–Crippen MR) is 126 cm³/mol. The first-order valence-corrected chi connectivity index (χ1v) is 10.7. The van der Waals surface area contributed by atoms with Gasteiger partial charge in [-0.1, -0.05) is 44.2 Å². The number of para-hydroxylation sites is 1. The number of rotatable bonds is 10. The lowest BCUT2D eigenvalue weighted by molar-refractivity contribution is 0.263. The van der Waals surface area contributed by atoms with Crippen LogP contribution in [0.3, 0.4) is 0 Å². The Hall–Kier alpha value is -2.94. The van der Waals surface area contributed by atoms with Crippen LogP contribution in [0.15, 0.2) is 72.8 Å². The lowest BCUT2D eigenvalue weighted by Gasteiger charge is -2.25. The van der Waals surface area contributed by atoms with Gasteiger partial charge in [0.25, 0.3) is 0 Å². The van der Waals surface area contributed by atoms with Gasteiger partial charge in [-0.05, 0) is 85.7 Å². The largest absolute Gasteiger partial charge is 0.493 e. The van der Waals surface area contributed by atoms with Crippen molar-refractivity contribution in [2.75, 3.05) is 18.5 Å². The van der Waals surface area contributed by atoms with Gasteiger partial charge in [0, 0.05) is 12.2 Å². The Labute approximate surface area is 181 Å². The van der Waals surface area contributed by atoms with E-state index in [1.807, 2.05) is 42.5 Å². The van der Waals surface area contributed by atoms with E-state index in [-0.39, 0.29) is 5.41 Å². The van der Waals surface area contributed by atoms with Crippen molar-refractivity contribution >= 4 is 5.69 Å². The number of ether oxygens (including phenoxy) is 2. The maximum atomic E-state index is 6.00. The van der Waals surface area contributed by atoms with E-state index in [1.165, 1.54) is 11.1 Å². The summed E-state index contributed by atoms with van der Waals surface area (Å²) in [4.78, 5) is 0. The highest BCUT2D eigenvalue weighted by atomic mass is 16.5. The van der Waals surface area contributed by atoms with E-state index < -0.39 is 0 Å². The lowest BCUT2D eigenvalue weighted by Crippen LogP contribution is -2.23. The molecule has 3 aromatic carbocycles. The van der Waals surface area contributed by atoms with E-state index in [9.17, 15) is 0 Å². The molecule has 1 N–H and O–H groups in total. The smallest absolute Gasteiger partial charge is 0.127 e. The fourth-order valence-electron chi connectivity index (χ4n) is 3.29. The van der Waals surface area contributed by atoms with Crippen LogP contribution in [0.2, 0.25) is 0 Å². The summed E-state index contributed by atoms with van der Waals surface area (Å²) in [7, 11) is 0. The van der Waals surface area contributed by atoms with E-state index in [2.05, 4.69) is 63.3 Å². The van der Waals surface area contributed by atoms with Crippen molar-refractivity contribution in [1.82, 2.24) is 0 Å². The highest BCUT2D eigenvalue weighted by molar-refractivity contribution is 5.47. The minimum atomic E-state index is 0.185. The van der Waals surface area contributed by atoms with E-state index in [1.54, 1.807) is 0 Å².